The molecule has 4 rings (SSSR count). The van der Waals surface area contributed by atoms with Gasteiger partial charge in [0.2, 0.25) is 5.91 Å². The molecule has 0 saturated carbocycles. The van der Waals surface area contributed by atoms with Crippen LogP contribution in [0.5, 0.6) is 0 Å². The molecule has 25 heavy (non-hydrogen) atoms. The van der Waals surface area contributed by atoms with Crippen LogP contribution in [-0.2, 0) is 30.8 Å². The molecule has 6 heteroatoms. The summed E-state index contributed by atoms with van der Waals surface area (Å²) >= 11 is 0. The maximum absolute atomic E-state index is 12.6. The van der Waals surface area contributed by atoms with Crippen LogP contribution in [0.2, 0.25) is 0 Å². The Hall–Kier alpha value is -2.76. The second-order valence-corrected chi connectivity index (χ2v) is 6.99. The molecule has 0 radical (unpaired) electrons. The molecule has 6 nitrogen and oxygen atoms in total. The fourth-order valence-electron chi connectivity index (χ4n) is 3.17. The molecule has 0 spiro atoms. The lowest BCUT2D eigenvalue weighted by Crippen LogP contribution is -2.29. The lowest BCUT2D eigenvalue weighted by atomic mass is 10.1. The van der Waals surface area contributed by atoms with Crippen molar-refractivity contribution in [3.8, 4) is 0 Å². The number of hydrogen-bond donors (Lipinski definition) is 0. The van der Waals surface area contributed by atoms with Crippen molar-refractivity contribution in [2.75, 3.05) is 0 Å². The molecular weight excluding hydrogens is 314 g/mol. The minimum Gasteiger partial charge on any atom is -0.331 e. The van der Waals surface area contributed by atoms with Crippen molar-refractivity contribution in [2.45, 2.75) is 39.9 Å². The van der Waals surface area contributed by atoms with E-state index in [-0.39, 0.29) is 12.5 Å². The normalized spacial score (nSPS) is 13.6. The van der Waals surface area contributed by atoms with Crippen molar-refractivity contribution in [3.05, 3.63) is 53.7 Å². The maximum atomic E-state index is 12.6. The zero-order valence-electron chi connectivity index (χ0n) is 14.5. The highest BCUT2D eigenvalue weighted by molar-refractivity contribution is 5.80. The molecule has 1 aromatic carbocycles. The lowest BCUT2D eigenvalue weighted by molar-refractivity contribution is -0.132. The molecule has 1 aliphatic heterocycles. The minimum absolute atomic E-state index is 0.0521. The first-order chi connectivity index (χ1) is 12.1. The van der Waals surface area contributed by atoms with Gasteiger partial charge in [0.05, 0.1) is 17.8 Å². The summed E-state index contributed by atoms with van der Waals surface area (Å²) in [5, 5.41) is 5.51. The zero-order chi connectivity index (χ0) is 17.4. The van der Waals surface area contributed by atoms with Crippen molar-refractivity contribution in [1.29, 1.82) is 0 Å². The molecule has 1 amide bonds. The summed E-state index contributed by atoms with van der Waals surface area (Å²) in [4.78, 5) is 23.5. The van der Waals surface area contributed by atoms with Crippen LogP contribution < -0.4 is 0 Å². The Bertz CT molecular complexity index is 897. The van der Waals surface area contributed by atoms with E-state index in [1.807, 2.05) is 41.6 Å². The van der Waals surface area contributed by atoms with Gasteiger partial charge in [-0.1, -0.05) is 32.0 Å². The van der Waals surface area contributed by atoms with E-state index in [4.69, 9.17) is 0 Å². The number of benzene rings is 1. The number of hydrogen-bond acceptors (Lipinski definition) is 4. The van der Waals surface area contributed by atoms with Gasteiger partial charge in [-0.2, -0.15) is 5.10 Å². The van der Waals surface area contributed by atoms with Gasteiger partial charge in [0, 0.05) is 36.3 Å². The molecule has 0 saturated heterocycles. The number of aromatic nitrogens is 4. The van der Waals surface area contributed by atoms with E-state index in [9.17, 15) is 4.79 Å². The van der Waals surface area contributed by atoms with Crippen molar-refractivity contribution in [3.63, 3.8) is 0 Å². The Morgan fingerprint density at radius 1 is 1.24 bits per heavy atom. The van der Waals surface area contributed by atoms with Crippen LogP contribution in [0, 0.1) is 5.92 Å². The molecular formula is C19H21N5O. The van der Waals surface area contributed by atoms with Crippen LogP contribution in [0.4, 0.5) is 0 Å². The van der Waals surface area contributed by atoms with E-state index in [1.165, 1.54) is 0 Å². The van der Waals surface area contributed by atoms with Crippen LogP contribution >= 0.6 is 0 Å². The fourth-order valence-corrected chi connectivity index (χ4v) is 3.17. The van der Waals surface area contributed by atoms with Crippen molar-refractivity contribution < 1.29 is 4.79 Å². The van der Waals surface area contributed by atoms with Gasteiger partial charge >= 0.3 is 0 Å². The van der Waals surface area contributed by atoms with Crippen molar-refractivity contribution in [2.24, 2.45) is 5.92 Å². The van der Waals surface area contributed by atoms with Crippen LogP contribution in [0.15, 0.2) is 36.7 Å². The summed E-state index contributed by atoms with van der Waals surface area (Å²) in [6.45, 7) is 5.69. The summed E-state index contributed by atoms with van der Waals surface area (Å²) in [5.41, 5.74) is 2.93. The minimum atomic E-state index is 0.0521. The number of carbonyl (C=O) groups excluding carboxylic acids is 1. The summed E-state index contributed by atoms with van der Waals surface area (Å²) in [6, 6.07) is 7.88. The average Bonchev–Trinajstić information content (AvgIpc) is 3.16. The van der Waals surface area contributed by atoms with Gasteiger partial charge in [-0.05, 0) is 12.0 Å². The van der Waals surface area contributed by atoms with Crippen LogP contribution in [0.3, 0.4) is 0 Å². The van der Waals surface area contributed by atoms with Gasteiger partial charge in [0.15, 0.2) is 0 Å². The van der Waals surface area contributed by atoms with Gasteiger partial charge in [0.25, 0.3) is 0 Å². The predicted molar refractivity (Wildman–Crippen MR) is 94.6 cm³/mol. The number of nitrogens with zero attached hydrogens (tertiary/aromatic N) is 5. The van der Waals surface area contributed by atoms with Crippen molar-refractivity contribution >= 4 is 16.8 Å². The molecule has 128 valence electrons. The lowest BCUT2D eigenvalue weighted by Gasteiger charge is -2.14. The number of rotatable bonds is 4. The molecule has 0 bridgehead atoms. The topological polar surface area (TPSA) is 63.9 Å². The highest BCUT2D eigenvalue weighted by atomic mass is 16.2. The van der Waals surface area contributed by atoms with Crippen LogP contribution in [0.25, 0.3) is 10.9 Å². The monoisotopic (exact) mass is 335 g/mol. The maximum Gasteiger partial charge on any atom is 0.244 e. The first-order valence-corrected chi connectivity index (χ1v) is 8.62. The number of amides is 1. The van der Waals surface area contributed by atoms with Gasteiger partial charge in [-0.3, -0.25) is 9.48 Å². The van der Waals surface area contributed by atoms with Gasteiger partial charge in [-0.25, -0.2) is 9.97 Å². The average molecular weight is 335 g/mol. The Balaban J connectivity index is 1.46. The Kier molecular flexibility index (Phi) is 3.95. The first kappa shape index (κ1) is 15.7. The van der Waals surface area contributed by atoms with E-state index in [0.717, 1.165) is 34.4 Å². The Labute approximate surface area is 146 Å². The van der Waals surface area contributed by atoms with Crippen LogP contribution in [-0.4, -0.2) is 30.6 Å². The molecule has 2 aromatic heterocycles. The van der Waals surface area contributed by atoms with E-state index in [2.05, 4.69) is 28.9 Å². The Morgan fingerprint density at radius 3 is 2.88 bits per heavy atom. The second-order valence-electron chi connectivity index (χ2n) is 6.99. The summed E-state index contributed by atoms with van der Waals surface area (Å²) in [7, 11) is 0. The molecule has 3 aromatic rings. The molecule has 1 aliphatic rings. The number of fused-ring (bicyclic) bond motifs is 2. The highest BCUT2D eigenvalue weighted by Gasteiger charge is 2.25. The molecule has 0 aliphatic carbocycles. The van der Waals surface area contributed by atoms with E-state index in [0.29, 0.717) is 19.0 Å². The molecule has 0 fully saturated rings. The third-order valence-electron chi connectivity index (χ3n) is 4.41. The summed E-state index contributed by atoms with van der Waals surface area (Å²) in [5.74, 6) is 1.43. The molecule has 0 N–H and O–H groups in total. The number of carbonyl (C=O) groups is 1. The van der Waals surface area contributed by atoms with E-state index in [1.54, 1.807) is 4.68 Å². The Morgan fingerprint density at radius 2 is 2.08 bits per heavy atom. The van der Waals surface area contributed by atoms with Gasteiger partial charge in [0.1, 0.15) is 12.4 Å². The van der Waals surface area contributed by atoms with Gasteiger partial charge < -0.3 is 4.90 Å². The smallest absolute Gasteiger partial charge is 0.244 e. The third-order valence-corrected chi connectivity index (χ3v) is 4.41. The SMILES string of the molecule is CC(C)Cc1ncc2c(n1)CN(C(=O)Cn1cc3ccccc3n1)C2. The van der Waals surface area contributed by atoms with Gasteiger partial charge in [-0.15, -0.1) is 0 Å². The standard InChI is InChI=1S/C19H21N5O/c1-13(2)7-18-20-8-15-9-23(11-17(15)21-18)19(25)12-24-10-14-5-3-4-6-16(14)22-24/h3-6,8,10,13H,7,9,11-12H2,1-2H3. The molecule has 0 unspecified atom stereocenters. The summed E-state index contributed by atoms with van der Waals surface area (Å²) in [6.07, 6.45) is 4.65. The largest absolute Gasteiger partial charge is 0.331 e. The third kappa shape index (κ3) is 3.24. The molecule has 0 atom stereocenters. The summed E-state index contributed by atoms with van der Waals surface area (Å²) < 4.78 is 1.71. The predicted octanol–water partition coefficient (Wildman–Crippen LogP) is 2.57. The molecule has 3 heterocycles. The first-order valence-electron chi connectivity index (χ1n) is 8.62. The zero-order valence-corrected chi connectivity index (χ0v) is 14.5. The highest BCUT2D eigenvalue weighted by Crippen LogP contribution is 2.21. The fraction of sp³-hybridized carbons (Fsp3) is 0.368. The van der Waals surface area contributed by atoms with E-state index < -0.39 is 0 Å². The van der Waals surface area contributed by atoms with E-state index >= 15 is 0 Å². The quantitative estimate of drug-likeness (QED) is 0.735. The second kappa shape index (κ2) is 6.27. The van der Waals surface area contributed by atoms with Crippen LogP contribution in [0.1, 0.15) is 30.9 Å². The van der Waals surface area contributed by atoms with Crippen molar-refractivity contribution in [1.82, 2.24) is 24.6 Å².